The first-order chi connectivity index (χ1) is 20.1. The molecule has 3 amide bonds. The van der Waals surface area contributed by atoms with E-state index in [2.05, 4.69) is 30.9 Å². The van der Waals surface area contributed by atoms with Crippen LogP contribution in [0, 0.1) is 5.92 Å². The molecule has 0 saturated heterocycles. The molecular weight excluding hydrogens is 544 g/mol. The molecule has 1 unspecified atom stereocenters. The number of hydrogen-bond acceptors (Lipinski definition) is 10. The lowest BCUT2D eigenvalue weighted by Gasteiger charge is -2.23. The van der Waals surface area contributed by atoms with Crippen LogP contribution in [-0.4, -0.2) is 68.9 Å². The zero-order chi connectivity index (χ0) is 30.6. The number of carbonyl (C=O) groups is 4. The van der Waals surface area contributed by atoms with E-state index in [0.717, 1.165) is 5.56 Å². The molecule has 3 aromatic rings. The van der Waals surface area contributed by atoms with Gasteiger partial charge in [0.1, 0.15) is 18.2 Å². The predicted octanol–water partition coefficient (Wildman–Crippen LogP) is 1.73. The van der Waals surface area contributed by atoms with Crippen LogP contribution in [0.15, 0.2) is 36.7 Å². The van der Waals surface area contributed by atoms with Gasteiger partial charge in [-0.1, -0.05) is 51.1 Å². The predicted molar refractivity (Wildman–Crippen MR) is 154 cm³/mol. The summed E-state index contributed by atoms with van der Waals surface area (Å²) < 4.78 is 12.0. The summed E-state index contributed by atoms with van der Waals surface area (Å²) in [4.78, 5) is 63.4. The molecule has 0 bridgehead atoms. The summed E-state index contributed by atoms with van der Waals surface area (Å²) in [6.45, 7) is 6.15. The summed E-state index contributed by atoms with van der Waals surface area (Å²) in [6.07, 6.45) is 1.77. The number of ether oxygens (including phenoxy) is 2. The highest BCUT2D eigenvalue weighted by atomic mass is 16.5. The number of amides is 3. The van der Waals surface area contributed by atoms with Crippen molar-refractivity contribution in [3.63, 3.8) is 0 Å². The number of rotatable bonds is 15. The van der Waals surface area contributed by atoms with Gasteiger partial charge in [0.05, 0.1) is 19.5 Å². The number of fused-ring (bicyclic) bond motifs is 1. The van der Waals surface area contributed by atoms with E-state index < -0.39 is 35.8 Å². The lowest BCUT2D eigenvalue weighted by molar-refractivity contribution is -0.140. The molecule has 0 fully saturated rings. The Labute approximate surface area is 243 Å². The normalized spacial score (nSPS) is 12.4. The number of imidazole rings is 1. The molecule has 5 N–H and O–H groups in total. The largest absolute Gasteiger partial charge is 0.467 e. The van der Waals surface area contributed by atoms with Crippen molar-refractivity contribution in [2.24, 2.45) is 5.92 Å². The van der Waals surface area contributed by atoms with Crippen molar-refractivity contribution in [3.8, 4) is 6.01 Å². The molecule has 0 aliphatic rings. The molecule has 2 heterocycles. The second kappa shape index (κ2) is 15.3. The first-order valence-electron chi connectivity index (χ1n) is 13.7. The number of aryl methyl sites for hydroxylation is 1. The van der Waals surface area contributed by atoms with Crippen LogP contribution in [-0.2, 0) is 32.3 Å². The Bertz CT molecular complexity index is 1380. The molecule has 2 atom stereocenters. The van der Waals surface area contributed by atoms with Crippen LogP contribution in [0.3, 0.4) is 0 Å². The van der Waals surface area contributed by atoms with Crippen molar-refractivity contribution in [2.45, 2.75) is 65.3 Å². The van der Waals surface area contributed by atoms with Crippen LogP contribution in [0.1, 0.15) is 45.6 Å². The van der Waals surface area contributed by atoms with Crippen molar-refractivity contribution in [3.05, 3.63) is 42.2 Å². The van der Waals surface area contributed by atoms with Gasteiger partial charge in [-0.15, -0.1) is 0 Å². The molecule has 14 nitrogen and oxygen atoms in total. The van der Waals surface area contributed by atoms with E-state index in [1.165, 1.54) is 7.11 Å². The highest BCUT2D eigenvalue weighted by molar-refractivity contribution is 6.38. The van der Waals surface area contributed by atoms with Crippen LogP contribution >= 0.6 is 0 Å². The van der Waals surface area contributed by atoms with Crippen LogP contribution in [0.4, 0.5) is 10.6 Å². The number of nitrogens with one attached hydrogen (secondary N) is 3. The fraction of sp³-hybridized carbons (Fsp3) is 0.464. The molecule has 0 aliphatic carbocycles. The van der Waals surface area contributed by atoms with E-state index in [0.29, 0.717) is 30.6 Å². The van der Waals surface area contributed by atoms with Crippen LogP contribution in [0.25, 0.3) is 11.2 Å². The van der Waals surface area contributed by atoms with E-state index in [9.17, 15) is 19.2 Å². The van der Waals surface area contributed by atoms with Crippen molar-refractivity contribution < 1.29 is 28.7 Å². The third-order valence-corrected chi connectivity index (χ3v) is 6.31. The Kier molecular flexibility index (Phi) is 11.6. The third kappa shape index (κ3) is 8.88. The quantitative estimate of drug-likeness (QED) is 0.151. The summed E-state index contributed by atoms with van der Waals surface area (Å²) in [7, 11) is 1.43. The number of nitrogens with zero attached hydrogens (tertiary/aromatic N) is 4. The second-order valence-electron chi connectivity index (χ2n) is 10.0. The van der Waals surface area contributed by atoms with Gasteiger partial charge in [-0.2, -0.15) is 9.97 Å². The highest BCUT2D eigenvalue weighted by Crippen LogP contribution is 2.19. The summed E-state index contributed by atoms with van der Waals surface area (Å²) >= 11 is 0. The van der Waals surface area contributed by atoms with E-state index in [-0.39, 0.29) is 37.3 Å². The van der Waals surface area contributed by atoms with E-state index in [4.69, 9.17) is 15.2 Å². The number of nitrogens with two attached hydrogens (primary N) is 1. The lowest BCUT2D eigenvalue weighted by Crippen LogP contribution is -2.54. The summed E-state index contributed by atoms with van der Waals surface area (Å²) in [5, 5.41) is 7.78. The average molecular weight is 583 g/mol. The fourth-order valence-electron chi connectivity index (χ4n) is 4.13. The van der Waals surface area contributed by atoms with E-state index >= 15 is 0 Å². The molecule has 0 radical (unpaired) electrons. The van der Waals surface area contributed by atoms with Gasteiger partial charge in [-0.05, 0) is 30.7 Å². The molecule has 3 rings (SSSR count). The molecule has 2 aromatic heterocycles. The maximum absolute atomic E-state index is 13.1. The molecule has 0 spiro atoms. The molecule has 226 valence electrons. The lowest BCUT2D eigenvalue weighted by atomic mass is 10.0. The number of Topliss-reactive ketones (excluding diaryl/α,β-unsaturated/α-hetero) is 1. The van der Waals surface area contributed by atoms with E-state index in [1.54, 1.807) is 17.8 Å². The zero-order valence-electron chi connectivity index (χ0n) is 24.3. The van der Waals surface area contributed by atoms with Crippen LogP contribution < -0.4 is 26.4 Å². The topological polar surface area (TPSA) is 192 Å². The van der Waals surface area contributed by atoms with Crippen molar-refractivity contribution in [2.75, 3.05) is 19.4 Å². The molecule has 14 heteroatoms. The Hall–Kier alpha value is -4.75. The second-order valence-corrected chi connectivity index (χ2v) is 10.0. The maximum Gasteiger partial charge on any atom is 0.408 e. The number of methoxy groups -OCH3 is 1. The minimum Gasteiger partial charge on any atom is -0.467 e. The number of carbonyl (C=O) groups excluding carboxylic acids is 4. The number of nitrogen functional groups attached to an aromatic ring is 1. The highest BCUT2D eigenvalue weighted by Gasteiger charge is 2.29. The number of aromatic nitrogens is 4. The smallest absolute Gasteiger partial charge is 0.408 e. The van der Waals surface area contributed by atoms with Gasteiger partial charge in [-0.25, -0.2) is 9.78 Å². The van der Waals surface area contributed by atoms with Gasteiger partial charge < -0.3 is 35.7 Å². The maximum atomic E-state index is 13.1. The van der Waals surface area contributed by atoms with Crippen LogP contribution in [0.5, 0.6) is 6.01 Å². The average Bonchev–Trinajstić information content (AvgIpc) is 3.39. The molecule has 0 saturated carbocycles. The Morgan fingerprint density at radius 2 is 1.79 bits per heavy atom. The molecular formula is C28H38N8O6. The van der Waals surface area contributed by atoms with Gasteiger partial charge in [0.15, 0.2) is 11.5 Å². The minimum atomic E-state index is -1.06. The first-order valence-corrected chi connectivity index (χ1v) is 13.7. The van der Waals surface area contributed by atoms with Crippen molar-refractivity contribution in [1.82, 2.24) is 35.5 Å². The van der Waals surface area contributed by atoms with Crippen LogP contribution in [0.2, 0.25) is 0 Å². The Morgan fingerprint density at radius 3 is 2.45 bits per heavy atom. The van der Waals surface area contributed by atoms with Gasteiger partial charge >= 0.3 is 12.1 Å². The van der Waals surface area contributed by atoms with Gasteiger partial charge in [0.25, 0.3) is 5.91 Å². The minimum absolute atomic E-state index is 0.0476. The number of anilines is 1. The number of benzene rings is 1. The van der Waals surface area contributed by atoms with Crippen molar-refractivity contribution in [1.29, 1.82) is 0 Å². The summed E-state index contributed by atoms with van der Waals surface area (Å²) in [5.41, 5.74) is 7.62. The van der Waals surface area contributed by atoms with Gasteiger partial charge in [0.2, 0.25) is 11.7 Å². The number of hydrogen-bond donors (Lipinski definition) is 4. The first kappa shape index (κ1) is 31.8. The van der Waals surface area contributed by atoms with Gasteiger partial charge in [-0.3, -0.25) is 14.4 Å². The fourth-order valence-corrected chi connectivity index (χ4v) is 4.13. The number of alkyl carbamates (subject to hydrolysis) is 1. The molecule has 42 heavy (non-hydrogen) atoms. The Balaban J connectivity index is 1.50. The molecule has 1 aromatic carbocycles. The zero-order valence-corrected chi connectivity index (χ0v) is 24.3. The summed E-state index contributed by atoms with van der Waals surface area (Å²) in [5.74, 6) is -1.92. The summed E-state index contributed by atoms with van der Waals surface area (Å²) in [6, 6.07) is 7.25. The third-order valence-electron chi connectivity index (χ3n) is 6.31. The van der Waals surface area contributed by atoms with E-state index in [1.807, 2.05) is 44.2 Å². The van der Waals surface area contributed by atoms with Gasteiger partial charge in [0, 0.05) is 13.1 Å². The van der Waals surface area contributed by atoms with Crippen molar-refractivity contribution >= 4 is 40.7 Å². The monoisotopic (exact) mass is 582 g/mol. The number of ketones is 1. The Morgan fingerprint density at radius 1 is 1.05 bits per heavy atom. The molecule has 0 aliphatic heterocycles. The SMILES string of the molecule is CCC(NC(=O)[C@H](CC(C)C)NC(=O)OCc1ccccc1)C(=O)C(=O)NCCCn1cnc2c(N)nc(OC)nc21. The standard InChI is InChI=1S/C28H38N8O6/c1-5-19(32-25(38)20(14-17(2)3)33-28(40)42-15-18-10-7-6-8-11-18)22(37)26(39)30-12-9-13-36-16-31-21-23(29)34-27(41-4)35-24(21)36/h6-8,10-11,16-17,19-20H,5,9,12-15H2,1-4H3,(H,30,39)(H,32,38)(H,33,40)(H2,29,34,35)/t19?,20-/m0/s1.